The van der Waals surface area contributed by atoms with E-state index < -0.39 is 6.09 Å². The van der Waals surface area contributed by atoms with Crippen molar-refractivity contribution in [1.82, 2.24) is 35.2 Å². The van der Waals surface area contributed by atoms with Gasteiger partial charge >= 0.3 is 6.09 Å². The minimum atomic E-state index is -0.876. The molecule has 4 N–H and O–H groups in total. The predicted molar refractivity (Wildman–Crippen MR) is 227 cm³/mol. The van der Waals surface area contributed by atoms with Crippen LogP contribution in [0.1, 0.15) is 76.7 Å². The Morgan fingerprint density at radius 2 is 1.63 bits per heavy atom. The van der Waals surface area contributed by atoms with Gasteiger partial charge in [0.15, 0.2) is 5.65 Å². The SMILES string of the molecule is CCc1nc2c(cnn2CC)c(NC2CCOCC2)c1CNC(=O)c1cccc(C(=O)NCc2cc(OC)cc(-c3cccc(CN4CCN(C(=O)O)[C@@H](C)C4)c3)c2)c1. The molecule has 14 nitrogen and oxygen atoms in total. The second-order valence-electron chi connectivity index (χ2n) is 15.3. The molecule has 2 aliphatic rings. The summed E-state index contributed by atoms with van der Waals surface area (Å²) in [6, 6.07) is 21.1. The third kappa shape index (κ3) is 9.67. The number of benzene rings is 3. The molecule has 2 saturated heterocycles. The minimum absolute atomic E-state index is 0.0745. The highest BCUT2D eigenvalue weighted by Crippen LogP contribution is 2.32. The molecule has 1 atom stereocenters. The standard InChI is InChI=1S/C45H54N8O6/c1-5-40-38(41(49-36-13-17-59-18-14-36)39-26-48-53(6-2)42(39)50-40)25-47-44(55)34-12-8-11-33(22-34)43(54)46-24-31-20-35(23-37(21-31)58-4)32-10-7-9-30(19-32)28-51-15-16-52(45(56)57)29(3)27-51/h7-12,19-23,26,29,36H,5-6,13-18,24-25,27-28H2,1-4H3,(H,46,54)(H,47,55)(H,49,50)(H,56,57)/t29-/m0/s1. The molecule has 0 spiro atoms. The molecule has 5 aromatic rings. The van der Waals surface area contributed by atoms with Crippen molar-refractivity contribution in [2.75, 3.05) is 45.3 Å². The molecule has 0 radical (unpaired) electrons. The van der Waals surface area contributed by atoms with Gasteiger partial charge in [0.05, 0.1) is 24.4 Å². The third-order valence-electron chi connectivity index (χ3n) is 11.3. The Balaban J connectivity index is 1.02. The number of hydrogen-bond acceptors (Lipinski definition) is 9. The maximum atomic E-state index is 13.7. The summed E-state index contributed by atoms with van der Waals surface area (Å²) < 4.78 is 13.2. The predicted octanol–water partition coefficient (Wildman–Crippen LogP) is 6.32. The van der Waals surface area contributed by atoms with Crippen molar-refractivity contribution in [3.8, 4) is 16.9 Å². The van der Waals surface area contributed by atoms with Crippen molar-refractivity contribution in [3.63, 3.8) is 0 Å². The number of anilines is 1. The number of nitrogens with zero attached hydrogens (tertiary/aromatic N) is 5. The normalized spacial score (nSPS) is 16.2. The lowest BCUT2D eigenvalue weighted by atomic mass is 10.00. The highest BCUT2D eigenvalue weighted by Gasteiger charge is 2.27. The third-order valence-corrected chi connectivity index (χ3v) is 11.3. The van der Waals surface area contributed by atoms with E-state index in [1.807, 2.05) is 55.1 Å². The van der Waals surface area contributed by atoms with Crippen LogP contribution in [0.5, 0.6) is 5.75 Å². The zero-order chi connectivity index (χ0) is 41.5. The van der Waals surface area contributed by atoms with Crippen molar-refractivity contribution < 1.29 is 29.0 Å². The summed E-state index contributed by atoms with van der Waals surface area (Å²) in [7, 11) is 1.62. The number of amides is 3. The van der Waals surface area contributed by atoms with Gasteiger partial charge in [0.2, 0.25) is 0 Å². The van der Waals surface area contributed by atoms with Crippen molar-refractivity contribution in [2.24, 2.45) is 0 Å². The van der Waals surface area contributed by atoms with Crippen molar-refractivity contribution in [3.05, 3.63) is 106 Å². The first kappa shape index (κ1) is 41.2. The summed E-state index contributed by atoms with van der Waals surface area (Å²) in [4.78, 5) is 47.5. The van der Waals surface area contributed by atoms with Crippen molar-refractivity contribution in [2.45, 2.75) is 78.3 Å². The highest BCUT2D eigenvalue weighted by molar-refractivity contribution is 6.00. The minimum Gasteiger partial charge on any atom is -0.497 e. The monoisotopic (exact) mass is 802 g/mol. The zero-order valence-electron chi connectivity index (χ0n) is 34.3. The topological polar surface area (TPSA) is 163 Å². The molecule has 0 unspecified atom stereocenters. The molecule has 2 aromatic heterocycles. The Morgan fingerprint density at radius 3 is 2.32 bits per heavy atom. The summed E-state index contributed by atoms with van der Waals surface area (Å²) in [5.41, 5.74) is 8.29. The maximum Gasteiger partial charge on any atom is 0.407 e. The number of ether oxygens (including phenoxy) is 2. The molecule has 0 aliphatic carbocycles. The van der Waals surface area contributed by atoms with E-state index in [-0.39, 0.29) is 37.0 Å². The van der Waals surface area contributed by atoms with Crippen LogP contribution in [-0.4, -0.2) is 99.6 Å². The second-order valence-corrected chi connectivity index (χ2v) is 15.3. The number of fused-ring (bicyclic) bond motifs is 1. The number of aryl methyl sites for hydroxylation is 2. The van der Waals surface area contributed by atoms with E-state index in [1.54, 1.807) is 31.4 Å². The quantitative estimate of drug-likeness (QED) is 0.0999. The maximum absolute atomic E-state index is 13.7. The molecular formula is C45H54N8O6. The van der Waals surface area contributed by atoms with Crippen LogP contribution in [0.25, 0.3) is 22.2 Å². The Morgan fingerprint density at radius 1 is 0.898 bits per heavy atom. The molecule has 0 saturated carbocycles. The lowest BCUT2D eigenvalue weighted by molar-refractivity contribution is 0.0711. The summed E-state index contributed by atoms with van der Waals surface area (Å²) >= 11 is 0. The number of methoxy groups -OCH3 is 1. The van der Waals surface area contributed by atoms with Gasteiger partial charge in [-0.3, -0.25) is 14.5 Å². The van der Waals surface area contributed by atoms with Gasteiger partial charge in [0.25, 0.3) is 11.8 Å². The average Bonchev–Trinajstić information content (AvgIpc) is 3.68. The van der Waals surface area contributed by atoms with Gasteiger partial charge in [-0.25, -0.2) is 14.5 Å². The molecule has 2 aliphatic heterocycles. The van der Waals surface area contributed by atoms with E-state index in [2.05, 4.69) is 45.0 Å². The molecule has 7 rings (SSSR count). The fraction of sp³-hybridized carbons (Fsp3) is 0.400. The van der Waals surface area contributed by atoms with Gasteiger partial charge in [0.1, 0.15) is 5.75 Å². The van der Waals surface area contributed by atoms with Gasteiger partial charge < -0.3 is 35.4 Å². The first-order valence-electron chi connectivity index (χ1n) is 20.5. The van der Waals surface area contributed by atoms with E-state index in [0.717, 1.165) is 63.1 Å². The van der Waals surface area contributed by atoms with Crippen LogP contribution >= 0.6 is 0 Å². The largest absolute Gasteiger partial charge is 0.497 e. The second kappa shape index (κ2) is 18.7. The lowest BCUT2D eigenvalue weighted by Gasteiger charge is -2.38. The number of rotatable bonds is 14. The number of carboxylic acid groups (broad SMARTS) is 1. The molecule has 2 fully saturated rings. The fourth-order valence-corrected chi connectivity index (χ4v) is 8.07. The van der Waals surface area contributed by atoms with E-state index in [0.29, 0.717) is 69.2 Å². The van der Waals surface area contributed by atoms with E-state index in [9.17, 15) is 19.5 Å². The molecule has 310 valence electrons. The molecule has 14 heteroatoms. The summed E-state index contributed by atoms with van der Waals surface area (Å²) in [5.74, 6) is 0.0714. The van der Waals surface area contributed by atoms with E-state index in [1.165, 1.54) is 4.90 Å². The fourth-order valence-electron chi connectivity index (χ4n) is 8.07. The zero-order valence-corrected chi connectivity index (χ0v) is 34.3. The Kier molecular flexibility index (Phi) is 13.1. The number of pyridine rings is 1. The lowest BCUT2D eigenvalue weighted by Crippen LogP contribution is -2.53. The molecule has 3 amide bonds. The number of carbonyl (C=O) groups is 3. The summed E-state index contributed by atoms with van der Waals surface area (Å²) in [5, 5.41) is 24.9. The number of carbonyl (C=O) groups excluding carboxylic acids is 2. The van der Waals surface area contributed by atoms with Crippen LogP contribution < -0.4 is 20.7 Å². The Bertz CT molecular complexity index is 2300. The van der Waals surface area contributed by atoms with Gasteiger partial charge in [-0.15, -0.1) is 0 Å². The highest BCUT2D eigenvalue weighted by atomic mass is 16.5. The number of aromatic nitrogens is 3. The van der Waals surface area contributed by atoms with Crippen LogP contribution in [0.15, 0.2) is 72.9 Å². The first-order valence-corrected chi connectivity index (χ1v) is 20.5. The molecule has 4 heterocycles. The van der Waals surface area contributed by atoms with Crippen molar-refractivity contribution >= 4 is 34.6 Å². The number of hydrogen-bond donors (Lipinski definition) is 4. The Labute approximate surface area is 344 Å². The van der Waals surface area contributed by atoms with Gasteiger partial charge in [0, 0.05) is 93.5 Å². The van der Waals surface area contributed by atoms with E-state index >= 15 is 0 Å². The smallest absolute Gasteiger partial charge is 0.407 e. The van der Waals surface area contributed by atoms with Crippen LogP contribution in [-0.2, 0) is 37.3 Å². The van der Waals surface area contributed by atoms with Crippen molar-refractivity contribution in [1.29, 1.82) is 0 Å². The summed E-state index contributed by atoms with van der Waals surface area (Å²) in [6.07, 6.45) is 3.43. The van der Waals surface area contributed by atoms with E-state index in [4.69, 9.17) is 14.5 Å². The van der Waals surface area contributed by atoms with Crippen LogP contribution in [0.4, 0.5) is 10.5 Å². The molecule has 3 aromatic carbocycles. The van der Waals surface area contributed by atoms with Crippen LogP contribution in [0, 0.1) is 0 Å². The van der Waals surface area contributed by atoms with Gasteiger partial charge in [-0.1, -0.05) is 31.2 Å². The Hall–Kier alpha value is -5.99. The number of piperazine rings is 1. The molecule has 0 bridgehead atoms. The van der Waals surface area contributed by atoms with Crippen LogP contribution in [0.2, 0.25) is 0 Å². The average molecular weight is 803 g/mol. The molecular weight excluding hydrogens is 749 g/mol. The molecule has 59 heavy (non-hydrogen) atoms. The van der Waals surface area contributed by atoms with Gasteiger partial charge in [-0.05, 0) is 97.8 Å². The first-order chi connectivity index (χ1) is 28.6. The van der Waals surface area contributed by atoms with Gasteiger partial charge in [-0.2, -0.15) is 5.10 Å². The van der Waals surface area contributed by atoms with Crippen LogP contribution in [0.3, 0.4) is 0 Å². The summed E-state index contributed by atoms with van der Waals surface area (Å²) in [6.45, 7) is 11.2. The number of nitrogens with one attached hydrogen (secondary N) is 3.